The van der Waals surface area contributed by atoms with Gasteiger partial charge in [0.2, 0.25) is 0 Å². The van der Waals surface area contributed by atoms with E-state index < -0.39 is 0 Å². The summed E-state index contributed by atoms with van der Waals surface area (Å²) in [5.74, 6) is 0.331. The Morgan fingerprint density at radius 3 is 2.08 bits per heavy atom. The molecule has 1 N–H and O–H groups in total. The Kier molecular flexibility index (Phi) is 3.43. The van der Waals surface area contributed by atoms with E-state index in [-0.39, 0.29) is 5.82 Å². The molecule has 1 nitrogen and oxygen atoms in total. The summed E-state index contributed by atoms with van der Waals surface area (Å²) in [5, 5.41) is 3.21. The topological polar surface area (TPSA) is 12.0 Å². The van der Waals surface area contributed by atoms with Crippen LogP contribution in [0.25, 0.3) is 0 Å². The lowest BCUT2D eigenvalue weighted by molar-refractivity contribution is 0.442. The van der Waals surface area contributed by atoms with Crippen molar-refractivity contribution in [2.75, 3.05) is 7.05 Å². The zero-order valence-corrected chi connectivity index (χ0v) is 8.34. The standard InChI is InChI=1S/C11H16FN/c1-8(2)11(13-3)9-4-6-10(12)7-5-9/h4-8,11,13H,1-3H3. The van der Waals surface area contributed by atoms with E-state index in [4.69, 9.17) is 0 Å². The lowest BCUT2D eigenvalue weighted by Crippen LogP contribution is -2.21. The van der Waals surface area contributed by atoms with E-state index in [0.717, 1.165) is 5.56 Å². The zero-order chi connectivity index (χ0) is 9.84. The van der Waals surface area contributed by atoms with Gasteiger partial charge in [0, 0.05) is 6.04 Å². The normalized spacial score (nSPS) is 13.3. The zero-order valence-electron chi connectivity index (χ0n) is 8.34. The molecule has 0 radical (unpaired) electrons. The van der Waals surface area contributed by atoms with E-state index in [1.165, 1.54) is 12.1 Å². The molecule has 0 saturated carbocycles. The predicted octanol–water partition coefficient (Wildman–Crippen LogP) is 2.74. The van der Waals surface area contributed by atoms with E-state index in [2.05, 4.69) is 19.2 Å². The minimum atomic E-state index is -0.178. The van der Waals surface area contributed by atoms with Crippen molar-refractivity contribution >= 4 is 0 Å². The molecule has 0 aliphatic carbocycles. The van der Waals surface area contributed by atoms with Crippen LogP contribution in [0.15, 0.2) is 24.3 Å². The molecule has 2 heteroatoms. The van der Waals surface area contributed by atoms with Gasteiger partial charge in [0.1, 0.15) is 5.82 Å². The van der Waals surface area contributed by atoms with Crippen LogP contribution in [-0.4, -0.2) is 7.05 Å². The lowest BCUT2D eigenvalue weighted by atomic mass is 9.96. The van der Waals surface area contributed by atoms with Gasteiger partial charge in [-0.25, -0.2) is 4.39 Å². The molecule has 1 aromatic carbocycles. The van der Waals surface area contributed by atoms with Crippen LogP contribution in [0.5, 0.6) is 0 Å². The van der Waals surface area contributed by atoms with Gasteiger partial charge in [-0.05, 0) is 30.7 Å². The molecule has 0 saturated heterocycles. The van der Waals surface area contributed by atoms with Crippen LogP contribution in [0.4, 0.5) is 4.39 Å². The van der Waals surface area contributed by atoms with Gasteiger partial charge in [0.15, 0.2) is 0 Å². The van der Waals surface area contributed by atoms with E-state index in [0.29, 0.717) is 12.0 Å². The summed E-state index contributed by atoms with van der Waals surface area (Å²) in [6, 6.07) is 6.97. The highest BCUT2D eigenvalue weighted by atomic mass is 19.1. The Labute approximate surface area is 79.0 Å². The quantitative estimate of drug-likeness (QED) is 0.756. The van der Waals surface area contributed by atoms with Crippen LogP contribution >= 0.6 is 0 Å². The second kappa shape index (κ2) is 4.38. The van der Waals surface area contributed by atoms with Crippen molar-refractivity contribution in [2.45, 2.75) is 19.9 Å². The molecular weight excluding hydrogens is 165 g/mol. The van der Waals surface area contributed by atoms with Crippen LogP contribution in [-0.2, 0) is 0 Å². The molecular formula is C11H16FN. The summed E-state index contributed by atoms with van der Waals surface area (Å²) in [5.41, 5.74) is 1.14. The molecule has 0 aliphatic rings. The average Bonchev–Trinajstić information content (AvgIpc) is 2.09. The summed E-state index contributed by atoms with van der Waals surface area (Å²) in [7, 11) is 1.92. The second-order valence-electron chi connectivity index (χ2n) is 3.56. The smallest absolute Gasteiger partial charge is 0.123 e. The first-order valence-corrected chi connectivity index (χ1v) is 4.58. The Bertz CT molecular complexity index is 253. The molecule has 1 atom stereocenters. The Hall–Kier alpha value is -0.890. The number of hydrogen-bond acceptors (Lipinski definition) is 1. The molecule has 0 bridgehead atoms. The van der Waals surface area contributed by atoms with E-state index >= 15 is 0 Å². The molecule has 13 heavy (non-hydrogen) atoms. The number of halogens is 1. The maximum absolute atomic E-state index is 12.6. The molecule has 0 aromatic heterocycles. The van der Waals surface area contributed by atoms with Crippen LogP contribution in [0.2, 0.25) is 0 Å². The molecule has 0 fully saturated rings. The van der Waals surface area contributed by atoms with Crippen molar-refractivity contribution in [3.63, 3.8) is 0 Å². The Morgan fingerprint density at radius 2 is 1.69 bits per heavy atom. The summed E-state index contributed by atoms with van der Waals surface area (Å²) in [6.07, 6.45) is 0. The average molecular weight is 181 g/mol. The Balaban J connectivity index is 2.86. The summed E-state index contributed by atoms with van der Waals surface area (Å²) >= 11 is 0. The molecule has 1 aromatic rings. The van der Waals surface area contributed by atoms with Crippen molar-refractivity contribution < 1.29 is 4.39 Å². The first-order chi connectivity index (χ1) is 6.15. The van der Waals surface area contributed by atoms with Gasteiger partial charge in [0.05, 0.1) is 0 Å². The van der Waals surface area contributed by atoms with Gasteiger partial charge in [-0.15, -0.1) is 0 Å². The molecule has 1 rings (SSSR count). The number of hydrogen-bond donors (Lipinski definition) is 1. The first kappa shape index (κ1) is 10.2. The fourth-order valence-corrected chi connectivity index (χ4v) is 1.56. The third-order valence-corrected chi connectivity index (χ3v) is 2.21. The van der Waals surface area contributed by atoms with Crippen molar-refractivity contribution in [3.05, 3.63) is 35.6 Å². The van der Waals surface area contributed by atoms with Crippen molar-refractivity contribution in [2.24, 2.45) is 5.92 Å². The van der Waals surface area contributed by atoms with E-state index in [9.17, 15) is 4.39 Å². The van der Waals surface area contributed by atoms with E-state index in [1.54, 1.807) is 0 Å². The maximum Gasteiger partial charge on any atom is 0.123 e. The van der Waals surface area contributed by atoms with Gasteiger partial charge in [-0.3, -0.25) is 0 Å². The maximum atomic E-state index is 12.6. The predicted molar refractivity (Wildman–Crippen MR) is 53.0 cm³/mol. The highest BCUT2D eigenvalue weighted by Gasteiger charge is 2.12. The van der Waals surface area contributed by atoms with Crippen LogP contribution in [0.1, 0.15) is 25.5 Å². The van der Waals surface area contributed by atoms with Crippen molar-refractivity contribution in [1.82, 2.24) is 5.32 Å². The van der Waals surface area contributed by atoms with Crippen LogP contribution in [0, 0.1) is 11.7 Å². The van der Waals surface area contributed by atoms with Gasteiger partial charge >= 0.3 is 0 Å². The van der Waals surface area contributed by atoms with E-state index in [1.807, 2.05) is 19.2 Å². The van der Waals surface area contributed by atoms with Gasteiger partial charge < -0.3 is 5.32 Å². The van der Waals surface area contributed by atoms with Crippen molar-refractivity contribution in [1.29, 1.82) is 0 Å². The molecule has 0 aliphatic heterocycles. The number of nitrogens with one attached hydrogen (secondary N) is 1. The fraction of sp³-hybridized carbons (Fsp3) is 0.455. The highest BCUT2D eigenvalue weighted by molar-refractivity contribution is 5.20. The largest absolute Gasteiger partial charge is 0.313 e. The van der Waals surface area contributed by atoms with Crippen molar-refractivity contribution in [3.8, 4) is 0 Å². The first-order valence-electron chi connectivity index (χ1n) is 4.58. The minimum Gasteiger partial charge on any atom is -0.313 e. The van der Waals surface area contributed by atoms with Gasteiger partial charge in [-0.1, -0.05) is 26.0 Å². The van der Waals surface area contributed by atoms with Crippen LogP contribution in [0.3, 0.4) is 0 Å². The second-order valence-corrected chi connectivity index (χ2v) is 3.56. The molecule has 72 valence electrons. The van der Waals surface area contributed by atoms with Gasteiger partial charge in [-0.2, -0.15) is 0 Å². The summed E-state index contributed by atoms with van der Waals surface area (Å²) in [6.45, 7) is 4.29. The third-order valence-electron chi connectivity index (χ3n) is 2.21. The molecule has 0 spiro atoms. The van der Waals surface area contributed by atoms with Crippen LogP contribution < -0.4 is 5.32 Å². The lowest BCUT2D eigenvalue weighted by Gasteiger charge is -2.20. The molecule has 1 unspecified atom stereocenters. The fourth-order valence-electron chi connectivity index (χ4n) is 1.56. The van der Waals surface area contributed by atoms with Gasteiger partial charge in [0.25, 0.3) is 0 Å². The summed E-state index contributed by atoms with van der Waals surface area (Å²) < 4.78 is 12.6. The monoisotopic (exact) mass is 181 g/mol. The third kappa shape index (κ3) is 2.52. The minimum absolute atomic E-state index is 0.178. The highest BCUT2D eigenvalue weighted by Crippen LogP contribution is 2.20. The molecule has 0 heterocycles. The number of benzene rings is 1. The Morgan fingerprint density at radius 1 is 1.15 bits per heavy atom. The SMILES string of the molecule is CNC(c1ccc(F)cc1)C(C)C. The summed E-state index contributed by atoms with van der Waals surface area (Å²) in [4.78, 5) is 0. The number of rotatable bonds is 3. The molecule has 0 amide bonds.